The van der Waals surface area contributed by atoms with Crippen molar-refractivity contribution in [2.24, 2.45) is 0 Å². The maximum Gasteiger partial charge on any atom is 0.161 e. The first-order valence-electron chi connectivity index (χ1n) is 13.1. The van der Waals surface area contributed by atoms with Crippen LogP contribution < -0.4 is 18.9 Å². The van der Waals surface area contributed by atoms with Gasteiger partial charge in [-0.1, -0.05) is 48.0 Å². The van der Waals surface area contributed by atoms with Crippen molar-refractivity contribution in [1.82, 2.24) is 4.90 Å². The third-order valence-electron chi connectivity index (χ3n) is 7.01. The molecule has 0 aliphatic carbocycles. The van der Waals surface area contributed by atoms with E-state index < -0.39 is 0 Å². The first-order chi connectivity index (χ1) is 18.6. The maximum absolute atomic E-state index is 6.71. The van der Waals surface area contributed by atoms with Crippen molar-refractivity contribution < 1.29 is 23.7 Å². The number of ether oxygens (including phenoxy) is 5. The minimum Gasteiger partial charge on any atom is -0.493 e. The van der Waals surface area contributed by atoms with Gasteiger partial charge in [0.25, 0.3) is 0 Å². The molecular formula is C32H39NO5. The summed E-state index contributed by atoms with van der Waals surface area (Å²) in [6, 6.07) is 22.8. The average molecular weight is 518 g/mol. The van der Waals surface area contributed by atoms with Gasteiger partial charge >= 0.3 is 0 Å². The van der Waals surface area contributed by atoms with Gasteiger partial charge in [-0.05, 0) is 73.3 Å². The van der Waals surface area contributed by atoms with E-state index in [0.29, 0.717) is 35.6 Å². The van der Waals surface area contributed by atoms with E-state index in [1.807, 2.05) is 36.4 Å². The van der Waals surface area contributed by atoms with E-state index in [9.17, 15) is 0 Å². The van der Waals surface area contributed by atoms with Crippen molar-refractivity contribution in [3.63, 3.8) is 0 Å². The highest BCUT2D eigenvalue weighted by molar-refractivity contribution is 5.48. The highest BCUT2D eigenvalue weighted by Crippen LogP contribution is 2.38. The summed E-state index contributed by atoms with van der Waals surface area (Å²) in [4.78, 5) is 2.44. The van der Waals surface area contributed by atoms with Gasteiger partial charge < -0.3 is 28.6 Å². The number of hydrogen-bond acceptors (Lipinski definition) is 6. The van der Waals surface area contributed by atoms with E-state index in [2.05, 4.69) is 48.4 Å². The molecule has 1 saturated heterocycles. The van der Waals surface area contributed by atoms with E-state index in [4.69, 9.17) is 23.7 Å². The fraction of sp³-hybridized carbons (Fsp3) is 0.375. The van der Waals surface area contributed by atoms with Gasteiger partial charge in [-0.3, -0.25) is 0 Å². The van der Waals surface area contributed by atoms with Crippen LogP contribution in [0.1, 0.15) is 42.6 Å². The summed E-state index contributed by atoms with van der Waals surface area (Å²) in [6.07, 6.45) is 5.20. The third kappa shape index (κ3) is 6.62. The number of methoxy groups -OCH3 is 4. The van der Waals surface area contributed by atoms with Gasteiger partial charge in [-0.25, -0.2) is 0 Å². The predicted molar refractivity (Wildman–Crippen MR) is 151 cm³/mol. The molecule has 0 spiro atoms. The first kappa shape index (κ1) is 27.4. The molecule has 38 heavy (non-hydrogen) atoms. The number of rotatable bonds is 12. The van der Waals surface area contributed by atoms with Crippen molar-refractivity contribution in [1.29, 1.82) is 0 Å². The molecular weight excluding hydrogens is 478 g/mol. The second-order valence-corrected chi connectivity index (χ2v) is 9.61. The lowest BCUT2D eigenvalue weighted by Crippen LogP contribution is -2.30. The lowest BCUT2D eigenvalue weighted by molar-refractivity contribution is 0.0473. The molecule has 3 aromatic carbocycles. The Labute approximate surface area is 226 Å². The van der Waals surface area contributed by atoms with E-state index in [-0.39, 0.29) is 6.10 Å². The Kier molecular flexibility index (Phi) is 9.55. The standard InChI is InChI=1S/C32H39NO5/c1-23(18-24-10-7-6-8-11-24)21-33-17-9-12-27(33)22-38-32(25-13-15-28(34-2)30(19-25)36-4)26-14-16-29(35-3)31(20-26)37-5/h6-8,10-11,13-16,19-21,27,32H,9,12,17-18,22H2,1-5H3/t27-/m0/s1. The van der Waals surface area contributed by atoms with E-state index >= 15 is 0 Å². The van der Waals surface area contributed by atoms with Crippen LogP contribution in [-0.4, -0.2) is 52.5 Å². The van der Waals surface area contributed by atoms with Gasteiger partial charge in [0.2, 0.25) is 0 Å². The summed E-state index contributed by atoms with van der Waals surface area (Å²) >= 11 is 0. The molecule has 1 aliphatic rings. The Balaban J connectivity index is 1.57. The number of allylic oxidation sites excluding steroid dienone is 1. The summed E-state index contributed by atoms with van der Waals surface area (Å²) < 4.78 is 28.8. The predicted octanol–water partition coefficient (Wildman–Crippen LogP) is 6.44. The van der Waals surface area contributed by atoms with E-state index in [1.54, 1.807) is 28.4 Å². The second kappa shape index (κ2) is 13.2. The van der Waals surface area contributed by atoms with Crippen LogP contribution in [0.15, 0.2) is 78.5 Å². The fourth-order valence-electron chi connectivity index (χ4n) is 5.08. The third-order valence-corrected chi connectivity index (χ3v) is 7.01. The second-order valence-electron chi connectivity index (χ2n) is 9.61. The van der Waals surface area contributed by atoms with Gasteiger partial charge in [0.15, 0.2) is 23.0 Å². The van der Waals surface area contributed by atoms with Crippen LogP contribution in [0.5, 0.6) is 23.0 Å². The Morgan fingerprint density at radius 2 is 1.39 bits per heavy atom. The monoisotopic (exact) mass is 517 g/mol. The SMILES string of the molecule is COc1ccc(C(OC[C@@H]2CCCN2C=C(C)Cc2ccccc2)c2ccc(OC)c(OC)c2)cc1OC. The number of benzene rings is 3. The molecule has 6 heteroatoms. The molecule has 0 radical (unpaired) electrons. The average Bonchev–Trinajstić information content (AvgIpc) is 3.39. The molecule has 202 valence electrons. The number of nitrogens with zero attached hydrogens (tertiary/aromatic N) is 1. The minimum absolute atomic E-state index is 0.309. The van der Waals surface area contributed by atoms with Crippen LogP contribution in [0.2, 0.25) is 0 Å². The molecule has 0 unspecified atom stereocenters. The molecule has 0 bridgehead atoms. The fourth-order valence-corrected chi connectivity index (χ4v) is 5.08. The first-order valence-corrected chi connectivity index (χ1v) is 13.1. The number of hydrogen-bond donors (Lipinski definition) is 0. The highest BCUT2D eigenvalue weighted by atomic mass is 16.5. The van der Waals surface area contributed by atoms with Crippen molar-refractivity contribution >= 4 is 0 Å². The van der Waals surface area contributed by atoms with Crippen LogP contribution in [0.4, 0.5) is 0 Å². The Morgan fingerprint density at radius 1 is 0.816 bits per heavy atom. The molecule has 1 aliphatic heterocycles. The van der Waals surface area contributed by atoms with Gasteiger partial charge in [-0.2, -0.15) is 0 Å². The quantitative estimate of drug-likeness (QED) is 0.276. The molecule has 1 fully saturated rings. The van der Waals surface area contributed by atoms with Crippen LogP contribution >= 0.6 is 0 Å². The van der Waals surface area contributed by atoms with Gasteiger partial charge in [0.05, 0.1) is 41.1 Å². The molecule has 1 heterocycles. The summed E-state index contributed by atoms with van der Waals surface area (Å²) in [5.74, 6) is 2.70. The Morgan fingerprint density at radius 3 is 1.95 bits per heavy atom. The van der Waals surface area contributed by atoms with Gasteiger partial charge in [0, 0.05) is 6.54 Å². The van der Waals surface area contributed by atoms with E-state index in [0.717, 1.165) is 36.9 Å². The number of likely N-dealkylation sites (tertiary alicyclic amines) is 1. The molecule has 0 N–H and O–H groups in total. The zero-order valence-corrected chi connectivity index (χ0v) is 23.1. The lowest BCUT2D eigenvalue weighted by atomic mass is 10.00. The van der Waals surface area contributed by atoms with Crippen molar-refractivity contribution in [2.75, 3.05) is 41.6 Å². The van der Waals surface area contributed by atoms with Crippen LogP contribution in [-0.2, 0) is 11.2 Å². The van der Waals surface area contributed by atoms with E-state index in [1.165, 1.54) is 11.1 Å². The van der Waals surface area contributed by atoms with Gasteiger partial charge in [-0.15, -0.1) is 0 Å². The zero-order valence-electron chi connectivity index (χ0n) is 23.1. The van der Waals surface area contributed by atoms with Crippen molar-refractivity contribution in [2.45, 2.75) is 38.3 Å². The Bertz CT molecular complexity index is 1150. The topological polar surface area (TPSA) is 49.4 Å². The Hall–Kier alpha value is -3.64. The van der Waals surface area contributed by atoms with Crippen molar-refractivity contribution in [3.8, 4) is 23.0 Å². The highest BCUT2D eigenvalue weighted by Gasteiger charge is 2.26. The molecule has 4 rings (SSSR count). The molecule has 1 atom stereocenters. The summed E-state index contributed by atoms with van der Waals surface area (Å²) in [7, 11) is 6.58. The maximum atomic E-state index is 6.71. The molecule has 0 amide bonds. The van der Waals surface area contributed by atoms with Crippen LogP contribution in [0.25, 0.3) is 0 Å². The van der Waals surface area contributed by atoms with Crippen molar-refractivity contribution in [3.05, 3.63) is 95.2 Å². The largest absolute Gasteiger partial charge is 0.493 e. The smallest absolute Gasteiger partial charge is 0.161 e. The normalized spacial score (nSPS) is 15.6. The van der Waals surface area contributed by atoms with Crippen LogP contribution in [0.3, 0.4) is 0 Å². The van der Waals surface area contributed by atoms with Gasteiger partial charge in [0.1, 0.15) is 6.10 Å². The molecule has 0 saturated carbocycles. The molecule has 6 nitrogen and oxygen atoms in total. The summed E-state index contributed by atoms with van der Waals surface area (Å²) in [5.41, 5.74) is 4.64. The summed E-state index contributed by atoms with van der Waals surface area (Å²) in [5, 5.41) is 0. The molecule has 3 aromatic rings. The zero-order chi connectivity index (χ0) is 26.9. The molecule has 0 aromatic heterocycles. The van der Waals surface area contributed by atoms with Crippen LogP contribution in [0, 0.1) is 0 Å². The summed E-state index contributed by atoms with van der Waals surface area (Å²) in [6.45, 7) is 3.85. The minimum atomic E-state index is -0.313. The lowest BCUT2D eigenvalue weighted by Gasteiger charge is -2.27.